The Hall–Kier alpha value is -1.46. The van der Waals surface area contributed by atoms with Crippen LogP contribution in [0.4, 0.5) is 0 Å². The van der Waals surface area contributed by atoms with E-state index in [4.69, 9.17) is 4.74 Å². The summed E-state index contributed by atoms with van der Waals surface area (Å²) in [7, 11) is 1.59. The maximum Gasteiger partial charge on any atom is 0.233 e. The second-order valence-electron chi connectivity index (χ2n) is 3.98. The second kappa shape index (κ2) is 5.93. The number of methoxy groups -OCH3 is 1. The molecule has 0 amide bonds. The van der Waals surface area contributed by atoms with E-state index in [9.17, 15) is 0 Å². The molecule has 1 unspecified atom stereocenters. The van der Waals surface area contributed by atoms with Gasteiger partial charge in [0.2, 0.25) is 5.88 Å². The summed E-state index contributed by atoms with van der Waals surface area (Å²) in [6.07, 6.45) is 0. The normalized spacial score (nSPS) is 12.4. The Morgan fingerprint density at radius 2 is 2.22 bits per heavy atom. The smallest absolute Gasteiger partial charge is 0.233 e. The van der Waals surface area contributed by atoms with Crippen molar-refractivity contribution in [3.05, 3.63) is 39.7 Å². The molecule has 0 radical (unpaired) electrons. The number of hydrogen-bond acceptors (Lipinski definition) is 5. The Labute approximate surface area is 111 Å². The molecule has 1 atom stereocenters. The molecule has 1 N–H and O–H groups in total. The molecule has 0 spiro atoms. The summed E-state index contributed by atoms with van der Waals surface area (Å²) in [5.41, 5.74) is 2.15. The van der Waals surface area contributed by atoms with E-state index in [1.54, 1.807) is 18.4 Å². The van der Waals surface area contributed by atoms with Crippen molar-refractivity contribution in [1.82, 2.24) is 15.5 Å². The average molecular weight is 263 g/mol. The lowest BCUT2D eigenvalue weighted by atomic mass is 10.1. The SMILES string of the molecule is CCNC(c1csc(C)c1)c1ccc(OC)nn1. The fourth-order valence-electron chi connectivity index (χ4n) is 1.81. The molecule has 2 aromatic heterocycles. The Bertz CT molecular complexity index is 495. The van der Waals surface area contributed by atoms with Gasteiger partial charge in [0.1, 0.15) is 0 Å². The molecule has 0 fully saturated rings. The summed E-state index contributed by atoms with van der Waals surface area (Å²) in [6.45, 7) is 5.08. The molecule has 0 aromatic carbocycles. The van der Waals surface area contributed by atoms with Crippen molar-refractivity contribution >= 4 is 11.3 Å². The zero-order valence-corrected chi connectivity index (χ0v) is 11.6. The number of aryl methyl sites for hydroxylation is 1. The van der Waals surface area contributed by atoms with E-state index in [0.29, 0.717) is 5.88 Å². The van der Waals surface area contributed by atoms with Gasteiger partial charge in [-0.25, -0.2) is 0 Å². The highest BCUT2D eigenvalue weighted by molar-refractivity contribution is 7.10. The van der Waals surface area contributed by atoms with Crippen molar-refractivity contribution < 1.29 is 4.74 Å². The largest absolute Gasteiger partial charge is 0.480 e. The molecule has 0 aliphatic carbocycles. The molecule has 96 valence electrons. The van der Waals surface area contributed by atoms with E-state index in [1.165, 1.54) is 10.4 Å². The van der Waals surface area contributed by atoms with Crippen LogP contribution >= 0.6 is 11.3 Å². The number of thiophene rings is 1. The van der Waals surface area contributed by atoms with Gasteiger partial charge in [0.15, 0.2) is 0 Å². The van der Waals surface area contributed by atoms with Crippen molar-refractivity contribution in [2.24, 2.45) is 0 Å². The predicted octanol–water partition coefficient (Wildman–Crippen LogP) is 2.55. The van der Waals surface area contributed by atoms with Crippen LogP contribution in [-0.2, 0) is 0 Å². The zero-order chi connectivity index (χ0) is 13.0. The van der Waals surface area contributed by atoms with E-state index in [0.717, 1.165) is 12.2 Å². The molecule has 0 bridgehead atoms. The fourth-order valence-corrected chi connectivity index (χ4v) is 2.54. The van der Waals surface area contributed by atoms with Crippen molar-refractivity contribution in [2.75, 3.05) is 13.7 Å². The molecule has 2 rings (SSSR count). The van der Waals surface area contributed by atoms with Gasteiger partial charge < -0.3 is 10.1 Å². The Balaban J connectivity index is 2.28. The molecule has 2 aromatic rings. The predicted molar refractivity (Wildman–Crippen MR) is 73.2 cm³/mol. The fraction of sp³-hybridized carbons (Fsp3) is 0.385. The summed E-state index contributed by atoms with van der Waals surface area (Å²) in [4.78, 5) is 1.30. The lowest BCUT2D eigenvalue weighted by Gasteiger charge is -2.15. The number of nitrogens with zero attached hydrogens (tertiary/aromatic N) is 2. The van der Waals surface area contributed by atoms with E-state index in [-0.39, 0.29) is 6.04 Å². The van der Waals surface area contributed by atoms with Gasteiger partial charge in [0.05, 0.1) is 18.8 Å². The van der Waals surface area contributed by atoms with E-state index in [2.05, 4.69) is 40.8 Å². The quantitative estimate of drug-likeness (QED) is 0.900. The first-order valence-corrected chi connectivity index (χ1v) is 6.78. The number of hydrogen-bond donors (Lipinski definition) is 1. The molecular weight excluding hydrogens is 246 g/mol. The van der Waals surface area contributed by atoms with Crippen LogP contribution < -0.4 is 10.1 Å². The first-order valence-electron chi connectivity index (χ1n) is 5.90. The molecule has 4 nitrogen and oxygen atoms in total. The monoisotopic (exact) mass is 263 g/mol. The summed E-state index contributed by atoms with van der Waals surface area (Å²) < 4.78 is 5.03. The van der Waals surface area contributed by atoms with Crippen molar-refractivity contribution in [3.8, 4) is 5.88 Å². The van der Waals surface area contributed by atoms with Crippen LogP contribution in [0.15, 0.2) is 23.6 Å². The molecule has 0 aliphatic heterocycles. The van der Waals surface area contributed by atoms with Gasteiger partial charge in [-0.1, -0.05) is 6.92 Å². The number of ether oxygens (including phenoxy) is 1. The van der Waals surface area contributed by atoms with Crippen LogP contribution in [0, 0.1) is 6.92 Å². The van der Waals surface area contributed by atoms with E-state index >= 15 is 0 Å². The highest BCUT2D eigenvalue weighted by Gasteiger charge is 2.16. The number of aromatic nitrogens is 2. The summed E-state index contributed by atoms with van der Waals surface area (Å²) >= 11 is 1.75. The van der Waals surface area contributed by atoms with Crippen LogP contribution in [-0.4, -0.2) is 23.9 Å². The van der Waals surface area contributed by atoms with Crippen molar-refractivity contribution in [3.63, 3.8) is 0 Å². The number of nitrogens with one attached hydrogen (secondary N) is 1. The highest BCUT2D eigenvalue weighted by Crippen LogP contribution is 2.25. The summed E-state index contributed by atoms with van der Waals surface area (Å²) in [6, 6.07) is 6.07. The van der Waals surface area contributed by atoms with Crippen molar-refractivity contribution in [2.45, 2.75) is 19.9 Å². The third kappa shape index (κ3) is 2.86. The topological polar surface area (TPSA) is 47.0 Å². The van der Waals surface area contributed by atoms with Crippen LogP contribution in [0.2, 0.25) is 0 Å². The third-order valence-electron chi connectivity index (χ3n) is 2.66. The minimum atomic E-state index is 0.0957. The molecule has 0 saturated carbocycles. The molecule has 0 saturated heterocycles. The van der Waals surface area contributed by atoms with Crippen LogP contribution in [0.25, 0.3) is 0 Å². The lowest BCUT2D eigenvalue weighted by molar-refractivity contribution is 0.390. The molecular formula is C13H17N3OS. The van der Waals surface area contributed by atoms with Crippen LogP contribution in [0.3, 0.4) is 0 Å². The zero-order valence-electron chi connectivity index (χ0n) is 10.8. The molecule has 5 heteroatoms. The first kappa shape index (κ1) is 13.0. The highest BCUT2D eigenvalue weighted by atomic mass is 32.1. The van der Waals surface area contributed by atoms with Gasteiger partial charge in [0, 0.05) is 10.9 Å². The Kier molecular flexibility index (Phi) is 4.28. The lowest BCUT2D eigenvalue weighted by Crippen LogP contribution is -2.22. The van der Waals surface area contributed by atoms with E-state index in [1.807, 2.05) is 12.1 Å². The minimum Gasteiger partial charge on any atom is -0.480 e. The number of rotatable bonds is 5. The van der Waals surface area contributed by atoms with Gasteiger partial charge in [-0.15, -0.1) is 21.5 Å². The van der Waals surface area contributed by atoms with Crippen LogP contribution in [0.5, 0.6) is 5.88 Å². The standard InChI is InChI=1S/C13H17N3OS/c1-4-14-13(10-7-9(2)18-8-10)11-5-6-12(17-3)16-15-11/h5-8,13-14H,4H2,1-3H3. The molecule has 2 heterocycles. The maximum absolute atomic E-state index is 5.03. The van der Waals surface area contributed by atoms with E-state index < -0.39 is 0 Å². The van der Waals surface area contributed by atoms with Gasteiger partial charge in [-0.2, -0.15) is 0 Å². The second-order valence-corrected chi connectivity index (χ2v) is 5.10. The first-order chi connectivity index (χ1) is 8.74. The van der Waals surface area contributed by atoms with Gasteiger partial charge in [-0.05, 0) is 36.5 Å². The molecule has 0 aliphatic rings. The summed E-state index contributed by atoms with van der Waals surface area (Å²) in [5, 5.41) is 13.8. The Morgan fingerprint density at radius 1 is 1.39 bits per heavy atom. The third-order valence-corrected chi connectivity index (χ3v) is 3.54. The molecule has 18 heavy (non-hydrogen) atoms. The Morgan fingerprint density at radius 3 is 2.72 bits per heavy atom. The van der Waals surface area contributed by atoms with Gasteiger partial charge >= 0.3 is 0 Å². The van der Waals surface area contributed by atoms with Crippen molar-refractivity contribution in [1.29, 1.82) is 0 Å². The van der Waals surface area contributed by atoms with Crippen LogP contribution in [0.1, 0.15) is 29.1 Å². The maximum atomic E-state index is 5.03. The van der Waals surface area contributed by atoms with Gasteiger partial charge in [-0.3, -0.25) is 0 Å². The minimum absolute atomic E-state index is 0.0957. The average Bonchev–Trinajstić information content (AvgIpc) is 2.82. The summed E-state index contributed by atoms with van der Waals surface area (Å²) in [5.74, 6) is 0.537. The van der Waals surface area contributed by atoms with Gasteiger partial charge in [0.25, 0.3) is 0 Å².